The van der Waals surface area contributed by atoms with Crippen molar-refractivity contribution in [2.75, 3.05) is 7.05 Å². The molecule has 0 bridgehead atoms. The number of amides is 3. The van der Waals surface area contributed by atoms with Crippen LogP contribution in [0.4, 0.5) is 0 Å². The Morgan fingerprint density at radius 3 is 2.38 bits per heavy atom. The van der Waals surface area contributed by atoms with Gasteiger partial charge < -0.3 is 16.0 Å². The predicted molar refractivity (Wildman–Crippen MR) is 93.7 cm³/mol. The fraction of sp³-hybridized carbons (Fsp3) is 0.222. The number of rotatable bonds is 4. The quantitative estimate of drug-likeness (QED) is 0.781. The van der Waals surface area contributed by atoms with Crippen molar-refractivity contribution < 1.29 is 14.4 Å². The van der Waals surface area contributed by atoms with Gasteiger partial charge in [-0.2, -0.15) is 0 Å². The van der Waals surface area contributed by atoms with Crippen LogP contribution in [0.3, 0.4) is 0 Å². The molecule has 1 fully saturated rings. The van der Waals surface area contributed by atoms with E-state index in [0.717, 1.165) is 0 Å². The van der Waals surface area contributed by atoms with Crippen LogP contribution in [0.2, 0.25) is 0 Å². The molecule has 2 atom stereocenters. The standard InChI is InChI=1S/C18H18N4O4/c1-21-14(16(19)24)10-13(18(21)26)20-17(25)11-5-7-12(8-6-11)22-9-3-2-4-15(22)23/h2-9,13-14H,10H2,1H3,(H2,19,24)(H,20,25). The molecule has 2 heterocycles. The number of hydrogen-bond acceptors (Lipinski definition) is 4. The summed E-state index contributed by atoms with van der Waals surface area (Å²) in [5, 5.41) is 2.62. The molecule has 8 nitrogen and oxygen atoms in total. The van der Waals surface area contributed by atoms with Gasteiger partial charge >= 0.3 is 0 Å². The summed E-state index contributed by atoms with van der Waals surface area (Å²) in [7, 11) is 1.48. The van der Waals surface area contributed by atoms with E-state index in [-0.39, 0.29) is 17.9 Å². The van der Waals surface area contributed by atoms with Crippen LogP contribution in [0, 0.1) is 0 Å². The Labute approximate surface area is 149 Å². The Balaban J connectivity index is 1.73. The zero-order valence-corrected chi connectivity index (χ0v) is 14.1. The highest BCUT2D eigenvalue weighted by molar-refractivity contribution is 6.00. The molecule has 1 saturated heterocycles. The number of benzene rings is 1. The molecule has 134 valence electrons. The average molecular weight is 354 g/mol. The van der Waals surface area contributed by atoms with Crippen LogP contribution in [0.25, 0.3) is 5.69 Å². The summed E-state index contributed by atoms with van der Waals surface area (Å²) in [6.45, 7) is 0. The van der Waals surface area contributed by atoms with Gasteiger partial charge in [0, 0.05) is 37.0 Å². The third-order valence-corrected chi connectivity index (χ3v) is 4.44. The SMILES string of the molecule is CN1C(=O)C(NC(=O)c2ccc(-n3ccccc3=O)cc2)CC1C(N)=O. The highest BCUT2D eigenvalue weighted by atomic mass is 16.2. The predicted octanol–water partition coefficient (Wildman–Crippen LogP) is -0.348. The van der Waals surface area contributed by atoms with E-state index in [0.29, 0.717) is 11.3 Å². The van der Waals surface area contributed by atoms with Crippen LogP contribution in [0.5, 0.6) is 0 Å². The van der Waals surface area contributed by atoms with Gasteiger partial charge in [-0.3, -0.25) is 23.7 Å². The third-order valence-electron chi connectivity index (χ3n) is 4.44. The van der Waals surface area contributed by atoms with Gasteiger partial charge in [0.25, 0.3) is 11.5 Å². The van der Waals surface area contributed by atoms with E-state index in [1.54, 1.807) is 42.6 Å². The van der Waals surface area contributed by atoms with Crippen LogP contribution in [-0.2, 0) is 9.59 Å². The molecule has 2 unspecified atom stereocenters. The number of aromatic nitrogens is 1. The van der Waals surface area contributed by atoms with E-state index in [4.69, 9.17) is 5.73 Å². The van der Waals surface area contributed by atoms with E-state index in [1.165, 1.54) is 22.6 Å². The van der Waals surface area contributed by atoms with Crippen molar-refractivity contribution in [2.24, 2.45) is 5.73 Å². The van der Waals surface area contributed by atoms with Gasteiger partial charge in [0.05, 0.1) is 0 Å². The maximum atomic E-state index is 12.4. The topological polar surface area (TPSA) is 114 Å². The highest BCUT2D eigenvalue weighted by Crippen LogP contribution is 2.18. The molecule has 1 aliphatic heterocycles. The molecule has 3 amide bonds. The summed E-state index contributed by atoms with van der Waals surface area (Å²) in [5.41, 5.74) is 6.05. The molecule has 0 aliphatic carbocycles. The Morgan fingerprint density at radius 1 is 1.12 bits per heavy atom. The maximum Gasteiger partial charge on any atom is 0.255 e. The molecule has 8 heteroatoms. The minimum atomic E-state index is -0.790. The van der Waals surface area contributed by atoms with Crippen molar-refractivity contribution in [3.63, 3.8) is 0 Å². The van der Waals surface area contributed by atoms with Crippen LogP contribution in [0.15, 0.2) is 53.5 Å². The lowest BCUT2D eigenvalue weighted by Gasteiger charge is -2.15. The van der Waals surface area contributed by atoms with Crippen molar-refractivity contribution in [2.45, 2.75) is 18.5 Å². The van der Waals surface area contributed by atoms with Crippen LogP contribution < -0.4 is 16.6 Å². The minimum absolute atomic E-state index is 0.147. The summed E-state index contributed by atoms with van der Waals surface area (Å²) in [5.74, 6) is -1.39. The van der Waals surface area contributed by atoms with Gasteiger partial charge in [-0.25, -0.2) is 0 Å². The van der Waals surface area contributed by atoms with Gasteiger partial charge in [0.2, 0.25) is 11.8 Å². The molecule has 2 aromatic rings. The van der Waals surface area contributed by atoms with Gasteiger partial charge in [-0.1, -0.05) is 6.07 Å². The molecule has 0 radical (unpaired) electrons. The summed E-state index contributed by atoms with van der Waals surface area (Å²) < 4.78 is 1.45. The lowest BCUT2D eigenvalue weighted by molar-refractivity contribution is -0.133. The Bertz CT molecular complexity index is 919. The maximum absolute atomic E-state index is 12.4. The first-order valence-corrected chi connectivity index (χ1v) is 8.03. The van der Waals surface area contributed by atoms with Gasteiger partial charge in [0.15, 0.2) is 0 Å². The van der Waals surface area contributed by atoms with Crippen LogP contribution in [-0.4, -0.2) is 46.3 Å². The van der Waals surface area contributed by atoms with Crippen molar-refractivity contribution in [3.05, 3.63) is 64.6 Å². The monoisotopic (exact) mass is 354 g/mol. The normalized spacial score (nSPS) is 19.4. The fourth-order valence-electron chi connectivity index (χ4n) is 2.96. The molecule has 0 spiro atoms. The average Bonchev–Trinajstić information content (AvgIpc) is 2.91. The van der Waals surface area contributed by atoms with E-state index in [1.807, 2.05) is 0 Å². The summed E-state index contributed by atoms with van der Waals surface area (Å²) >= 11 is 0. The molecule has 3 rings (SSSR count). The number of pyridine rings is 1. The third kappa shape index (κ3) is 3.21. The van der Waals surface area contributed by atoms with E-state index < -0.39 is 23.9 Å². The minimum Gasteiger partial charge on any atom is -0.368 e. The summed E-state index contributed by atoms with van der Waals surface area (Å²) in [6.07, 6.45) is 1.78. The lowest BCUT2D eigenvalue weighted by atomic mass is 10.1. The largest absolute Gasteiger partial charge is 0.368 e. The number of likely N-dealkylation sites (N-methyl/N-ethyl adjacent to an activating group) is 1. The second kappa shape index (κ2) is 6.83. The second-order valence-electron chi connectivity index (χ2n) is 6.08. The molecule has 1 aromatic heterocycles. The number of primary amides is 1. The van der Waals surface area contributed by atoms with Crippen LogP contribution in [0.1, 0.15) is 16.8 Å². The highest BCUT2D eigenvalue weighted by Gasteiger charge is 2.40. The molecule has 3 N–H and O–H groups in total. The van der Waals surface area contributed by atoms with Crippen molar-refractivity contribution in [1.82, 2.24) is 14.8 Å². The number of hydrogen-bond donors (Lipinski definition) is 2. The summed E-state index contributed by atoms with van der Waals surface area (Å²) in [4.78, 5) is 48.9. The molecule has 0 saturated carbocycles. The molecule has 26 heavy (non-hydrogen) atoms. The van der Waals surface area contributed by atoms with E-state index in [2.05, 4.69) is 5.32 Å². The van der Waals surface area contributed by atoms with Gasteiger partial charge in [-0.05, 0) is 30.3 Å². The number of nitrogens with one attached hydrogen (secondary N) is 1. The lowest BCUT2D eigenvalue weighted by Crippen LogP contribution is -2.41. The Morgan fingerprint density at radius 2 is 1.81 bits per heavy atom. The van der Waals surface area contributed by atoms with Gasteiger partial charge in [0.1, 0.15) is 12.1 Å². The number of likely N-dealkylation sites (tertiary alicyclic amines) is 1. The first kappa shape index (κ1) is 17.4. The van der Waals surface area contributed by atoms with Crippen LogP contribution >= 0.6 is 0 Å². The zero-order chi connectivity index (χ0) is 18.8. The zero-order valence-electron chi connectivity index (χ0n) is 14.1. The van der Waals surface area contributed by atoms with Gasteiger partial charge in [-0.15, -0.1) is 0 Å². The number of carbonyl (C=O) groups excluding carboxylic acids is 3. The molecule has 1 aromatic carbocycles. The Hall–Kier alpha value is -3.42. The fourth-order valence-corrected chi connectivity index (χ4v) is 2.96. The van der Waals surface area contributed by atoms with Crippen molar-refractivity contribution in [1.29, 1.82) is 0 Å². The summed E-state index contributed by atoms with van der Waals surface area (Å²) in [6, 6.07) is 9.74. The van der Waals surface area contributed by atoms with E-state index in [9.17, 15) is 19.2 Å². The smallest absolute Gasteiger partial charge is 0.255 e. The van der Waals surface area contributed by atoms with Crippen molar-refractivity contribution in [3.8, 4) is 5.69 Å². The number of nitrogens with zero attached hydrogens (tertiary/aromatic N) is 2. The number of carbonyl (C=O) groups is 3. The number of nitrogens with two attached hydrogens (primary N) is 1. The first-order chi connectivity index (χ1) is 12.4. The molecule has 1 aliphatic rings. The molecular formula is C18H18N4O4. The molecular weight excluding hydrogens is 336 g/mol. The first-order valence-electron chi connectivity index (χ1n) is 8.03. The van der Waals surface area contributed by atoms with Crippen molar-refractivity contribution >= 4 is 17.7 Å². The van der Waals surface area contributed by atoms with E-state index >= 15 is 0 Å². The Kier molecular flexibility index (Phi) is 4.57. The second-order valence-corrected chi connectivity index (χ2v) is 6.08.